The van der Waals surface area contributed by atoms with Crippen LogP contribution in [-0.4, -0.2) is 88.4 Å². The van der Waals surface area contributed by atoms with Crippen molar-refractivity contribution in [3.63, 3.8) is 0 Å². The topological polar surface area (TPSA) is 188 Å². The van der Waals surface area contributed by atoms with E-state index in [2.05, 4.69) is 16.0 Å². The maximum Gasteiger partial charge on any atom is 0.315 e. The Morgan fingerprint density at radius 1 is 0.902 bits per heavy atom. The van der Waals surface area contributed by atoms with Crippen LogP contribution in [0.4, 0.5) is 4.79 Å². The summed E-state index contributed by atoms with van der Waals surface area (Å²) < 4.78 is 0. The summed E-state index contributed by atoms with van der Waals surface area (Å²) in [4.78, 5) is 95.9. The number of likely N-dealkylation sites (tertiary alicyclic amines) is 2. The van der Waals surface area contributed by atoms with Crippen molar-refractivity contribution in [2.45, 2.75) is 143 Å². The van der Waals surface area contributed by atoms with E-state index >= 15 is 0 Å². The Morgan fingerprint density at radius 2 is 1.51 bits per heavy atom. The average Bonchev–Trinajstić information content (AvgIpc) is 3.75. The van der Waals surface area contributed by atoms with Crippen LogP contribution in [0.3, 0.4) is 0 Å². The molecule has 0 aromatic heterocycles. The van der Waals surface area contributed by atoms with E-state index in [1.54, 1.807) is 0 Å². The first-order chi connectivity index (χ1) is 23.8. The van der Waals surface area contributed by atoms with E-state index in [-0.39, 0.29) is 61.4 Å². The summed E-state index contributed by atoms with van der Waals surface area (Å²) in [7, 11) is 0. The fourth-order valence-electron chi connectivity index (χ4n) is 7.85. The third kappa shape index (κ3) is 10.6. The quantitative estimate of drug-likeness (QED) is 0.128. The first-order valence-corrected chi connectivity index (χ1v) is 18.8. The lowest BCUT2D eigenvalue weighted by atomic mass is 9.80. The molecule has 51 heavy (non-hydrogen) atoms. The Kier molecular flexibility index (Phi) is 12.8. The van der Waals surface area contributed by atoms with E-state index in [1.165, 1.54) is 9.80 Å². The van der Waals surface area contributed by atoms with E-state index in [0.717, 1.165) is 50.5 Å². The van der Waals surface area contributed by atoms with Gasteiger partial charge >= 0.3 is 6.03 Å². The molecule has 2 aliphatic carbocycles. The lowest BCUT2D eigenvalue weighted by Crippen LogP contribution is -2.62. The number of urea groups is 1. The van der Waals surface area contributed by atoms with E-state index in [0.29, 0.717) is 12.8 Å². The van der Waals surface area contributed by atoms with Crippen molar-refractivity contribution in [1.29, 1.82) is 0 Å². The number of ketones is 1. The third-order valence-electron chi connectivity index (χ3n) is 10.9. The standard InChI is InChI=1S/C38H60N6O7/c1-22(2)17-25-15-16-43(31(25)34(49)40-26(18-23-13-14-23)32(47)33(39)48)35(50)30(24-11-9-8-10-12-24)42-36(51)41-27(37(3,4)5)21-44-28(45)19-38(6,7)20-29(44)46/h17,23-27,30-31H,8-16,18-21H2,1-7H3,(H2,39,48)(H,40,49)(H2,41,42,51)/t25?,26?,27-,30+,31+/m1/s1. The zero-order valence-electron chi connectivity index (χ0n) is 31.6. The minimum atomic E-state index is -1.11. The van der Waals surface area contributed by atoms with Crippen LogP contribution in [0.5, 0.6) is 0 Å². The summed E-state index contributed by atoms with van der Waals surface area (Å²) in [5.41, 5.74) is 5.35. The molecule has 4 aliphatic rings. The highest BCUT2D eigenvalue weighted by Crippen LogP contribution is 2.36. The molecule has 13 heteroatoms. The van der Waals surface area contributed by atoms with Crippen LogP contribution in [-0.2, 0) is 28.8 Å². The van der Waals surface area contributed by atoms with Crippen molar-refractivity contribution in [1.82, 2.24) is 25.8 Å². The van der Waals surface area contributed by atoms with Crippen molar-refractivity contribution in [2.24, 2.45) is 34.3 Å². The number of allylic oxidation sites excluding steroid dienone is 1. The van der Waals surface area contributed by atoms with Crippen LogP contribution in [0.25, 0.3) is 0 Å². The number of hydrogen-bond donors (Lipinski definition) is 4. The Labute approximate surface area is 302 Å². The van der Waals surface area contributed by atoms with Gasteiger partial charge in [0.25, 0.3) is 5.91 Å². The van der Waals surface area contributed by atoms with E-state index in [1.807, 2.05) is 54.5 Å². The summed E-state index contributed by atoms with van der Waals surface area (Å²) in [5, 5.41) is 8.74. The molecule has 2 unspecified atom stereocenters. The van der Waals surface area contributed by atoms with Gasteiger partial charge in [0.1, 0.15) is 12.1 Å². The van der Waals surface area contributed by atoms with Crippen molar-refractivity contribution in [3.05, 3.63) is 11.6 Å². The molecule has 0 radical (unpaired) electrons. The highest BCUT2D eigenvalue weighted by atomic mass is 16.2. The number of rotatable bonds is 13. The molecule has 0 aromatic carbocycles. The lowest BCUT2D eigenvalue weighted by Gasteiger charge is -2.40. The number of nitrogens with one attached hydrogen (secondary N) is 3. The first kappa shape index (κ1) is 40.0. The molecule has 0 spiro atoms. The van der Waals surface area contributed by atoms with Crippen LogP contribution < -0.4 is 21.7 Å². The molecule has 5 atom stereocenters. The number of carbonyl (C=O) groups excluding carboxylic acids is 7. The highest BCUT2D eigenvalue weighted by Gasteiger charge is 2.47. The smallest absolute Gasteiger partial charge is 0.315 e. The van der Waals surface area contributed by atoms with Gasteiger partial charge in [-0.05, 0) is 62.2 Å². The molecule has 2 aliphatic heterocycles. The number of nitrogens with two attached hydrogens (primary N) is 1. The molecule has 2 saturated heterocycles. The van der Waals surface area contributed by atoms with Gasteiger partial charge in [-0.3, -0.25) is 33.7 Å². The van der Waals surface area contributed by atoms with E-state index in [4.69, 9.17) is 5.73 Å². The Morgan fingerprint density at radius 3 is 2.04 bits per heavy atom. The summed E-state index contributed by atoms with van der Waals surface area (Å²) in [6.45, 7) is 13.6. The number of imide groups is 1. The fraction of sp³-hybridized carbons (Fsp3) is 0.763. The third-order valence-corrected chi connectivity index (χ3v) is 10.9. The SMILES string of the molecule is CC(C)=CC1CCN(C(=O)[C@@H](NC(=O)N[C@H](CN2C(=O)CC(C)(C)CC2=O)C(C)(C)C)C2CCCCC2)[C@@H]1C(=O)NC(CC1CC1)C(=O)C(N)=O. The van der Waals surface area contributed by atoms with Crippen molar-refractivity contribution >= 4 is 41.4 Å². The Hall–Kier alpha value is -3.77. The van der Waals surface area contributed by atoms with E-state index < -0.39 is 58.6 Å². The molecular weight excluding hydrogens is 652 g/mol. The Bertz CT molecular complexity index is 1380. The number of Topliss-reactive ketones (excluding diaryl/α,β-unsaturated/α-hetero) is 1. The van der Waals surface area contributed by atoms with Gasteiger partial charge in [0.2, 0.25) is 29.4 Å². The number of hydrogen-bond acceptors (Lipinski definition) is 7. The van der Waals surface area contributed by atoms with Crippen molar-refractivity contribution in [3.8, 4) is 0 Å². The molecule has 13 nitrogen and oxygen atoms in total. The maximum absolute atomic E-state index is 14.6. The molecule has 5 N–H and O–H groups in total. The molecule has 2 heterocycles. The molecule has 284 valence electrons. The molecule has 0 aromatic rings. The largest absolute Gasteiger partial charge is 0.363 e. The summed E-state index contributed by atoms with van der Waals surface area (Å²) in [5.74, 6) is -3.69. The highest BCUT2D eigenvalue weighted by molar-refractivity contribution is 6.37. The second kappa shape index (κ2) is 16.3. The number of amides is 7. The molecule has 7 amide bonds. The normalized spacial score (nSPS) is 24.3. The van der Waals surface area contributed by atoms with Crippen LogP contribution in [0.2, 0.25) is 0 Å². The number of carbonyl (C=O) groups is 7. The van der Waals surface area contributed by atoms with Crippen LogP contribution >= 0.6 is 0 Å². The zero-order valence-corrected chi connectivity index (χ0v) is 31.6. The lowest BCUT2D eigenvalue weighted by molar-refractivity contribution is -0.153. The fourth-order valence-corrected chi connectivity index (χ4v) is 7.85. The van der Waals surface area contributed by atoms with Gasteiger partial charge in [0, 0.05) is 31.8 Å². The molecule has 4 rings (SSSR count). The Balaban J connectivity index is 1.57. The second-order valence-electron chi connectivity index (χ2n) is 17.5. The average molecular weight is 713 g/mol. The van der Waals surface area contributed by atoms with Crippen molar-refractivity contribution in [2.75, 3.05) is 13.1 Å². The van der Waals surface area contributed by atoms with Gasteiger partial charge in [0.05, 0.1) is 12.1 Å². The van der Waals surface area contributed by atoms with Gasteiger partial charge in [-0.2, -0.15) is 0 Å². The van der Waals surface area contributed by atoms with Gasteiger partial charge in [-0.15, -0.1) is 0 Å². The summed E-state index contributed by atoms with van der Waals surface area (Å²) in [6.07, 6.45) is 9.34. The number of primary amides is 1. The van der Waals surface area contributed by atoms with E-state index in [9.17, 15) is 33.6 Å². The predicted molar refractivity (Wildman–Crippen MR) is 192 cm³/mol. The van der Waals surface area contributed by atoms with Crippen LogP contribution in [0.15, 0.2) is 11.6 Å². The second-order valence-corrected chi connectivity index (χ2v) is 17.5. The molecular formula is C38H60N6O7. The van der Waals surface area contributed by atoms with Gasteiger partial charge < -0.3 is 26.6 Å². The zero-order chi connectivity index (χ0) is 37.8. The predicted octanol–water partition coefficient (Wildman–Crippen LogP) is 3.35. The van der Waals surface area contributed by atoms with Gasteiger partial charge in [-0.1, -0.05) is 78.4 Å². The van der Waals surface area contributed by atoms with Crippen LogP contribution in [0.1, 0.15) is 119 Å². The number of nitrogens with zero attached hydrogens (tertiary/aromatic N) is 2. The summed E-state index contributed by atoms with van der Waals surface area (Å²) >= 11 is 0. The van der Waals surface area contributed by atoms with Crippen molar-refractivity contribution < 1.29 is 33.6 Å². The molecule has 4 fully saturated rings. The minimum Gasteiger partial charge on any atom is -0.363 e. The van der Waals surface area contributed by atoms with Gasteiger partial charge in [-0.25, -0.2) is 4.79 Å². The first-order valence-electron chi connectivity index (χ1n) is 18.8. The molecule has 2 saturated carbocycles. The summed E-state index contributed by atoms with van der Waals surface area (Å²) in [6, 6.07) is -4.14. The molecule has 0 bridgehead atoms. The maximum atomic E-state index is 14.6. The number of piperidine rings is 1. The minimum absolute atomic E-state index is 0.0114. The van der Waals surface area contributed by atoms with Crippen LogP contribution in [0, 0.1) is 28.6 Å². The monoisotopic (exact) mass is 712 g/mol. The van der Waals surface area contributed by atoms with Gasteiger partial charge in [0.15, 0.2) is 0 Å².